The molecule has 0 saturated heterocycles. The van der Waals surface area contributed by atoms with Crippen molar-refractivity contribution in [2.45, 2.75) is 38.6 Å². The Hall–Kier alpha value is -1.38. The summed E-state index contributed by atoms with van der Waals surface area (Å²) in [5.74, 6) is 2.50. The van der Waals surface area contributed by atoms with Crippen molar-refractivity contribution in [2.75, 3.05) is 0 Å². The minimum Gasteiger partial charge on any atom is -0.349 e. The Balaban J connectivity index is 1.61. The van der Waals surface area contributed by atoms with E-state index in [1.807, 2.05) is 0 Å². The molecule has 18 heavy (non-hydrogen) atoms. The van der Waals surface area contributed by atoms with Gasteiger partial charge in [0.2, 0.25) is 0 Å². The normalized spacial score (nSPS) is 31.3. The van der Waals surface area contributed by atoms with Crippen molar-refractivity contribution in [3.05, 3.63) is 30.1 Å². The van der Waals surface area contributed by atoms with Crippen molar-refractivity contribution in [3.8, 4) is 0 Å². The van der Waals surface area contributed by atoms with E-state index >= 15 is 0 Å². The molecule has 96 valence electrons. The molecular weight excluding hydrogens is 224 g/mol. The third kappa shape index (κ3) is 2.14. The summed E-state index contributed by atoms with van der Waals surface area (Å²) < 4.78 is 0. The minimum absolute atomic E-state index is 0.0349. The maximum atomic E-state index is 12.1. The van der Waals surface area contributed by atoms with Crippen molar-refractivity contribution in [1.29, 1.82) is 0 Å². The summed E-state index contributed by atoms with van der Waals surface area (Å²) in [7, 11) is 0. The fraction of sp³-hybridized carbons (Fsp3) is 0.600. The largest absolute Gasteiger partial charge is 0.349 e. The molecule has 3 nitrogen and oxygen atoms in total. The van der Waals surface area contributed by atoms with E-state index in [2.05, 4.69) is 17.2 Å². The Morgan fingerprint density at radius 2 is 2.11 bits per heavy atom. The summed E-state index contributed by atoms with van der Waals surface area (Å²) in [6, 6.07) is 3.83. The molecule has 1 heterocycles. The monoisotopic (exact) mass is 244 g/mol. The third-order valence-electron chi connectivity index (χ3n) is 4.74. The van der Waals surface area contributed by atoms with Crippen molar-refractivity contribution >= 4 is 5.91 Å². The number of carbonyl (C=O) groups is 1. The number of hydrogen-bond acceptors (Lipinski definition) is 2. The molecule has 0 radical (unpaired) electrons. The van der Waals surface area contributed by atoms with E-state index in [9.17, 15) is 4.79 Å². The fourth-order valence-electron chi connectivity index (χ4n) is 3.81. The summed E-state index contributed by atoms with van der Waals surface area (Å²) in [5.41, 5.74) is 0.708. The molecule has 1 amide bonds. The zero-order valence-corrected chi connectivity index (χ0v) is 10.8. The first kappa shape index (κ1) is 11.7. The molecule has 0 unspecified atom stereocenters. The van der Waals surface area contributed by atoms with E-state index < -0.39 is 0 Å². The zero-order chi connectivity index (χ0) is 12.5. The average molecular weight is 244 g/mol. The number of nitrogens with one attached hydrogen (secondary N) is 1. The predicted molar refractivity (Wildman–Crippen MR) is 70.1 cm³/mol. The molecule has 4 atom stereocenters. The van der Waals surface area contributed by atoms with Crippen molar-refractivity contribution < 1.29 is 4.79 Å². The number of carbonyl (C=O) groups excluding carboxylic acids is 1. The highest BCUT2D eigenvalue weighted by Gasteiger charge is 2.42. The Bertz CT molecular complexity index is 431. The van der Waals surface area contributed by atoms with Crippen molar-refractivity contribution in [1.82, 2.24) is 10.3 Å². The van der Waals surface area contributed by atoms with Crippen LogP contribution in [0.4, 0.5) is 0 Å². The molecule has 2 saturated carbocycles. The quantitative estimate of drug-likeness (QED) is 0.888. The first-order valence-electron chi connectivity index (χ1n) is 6.95. The minimum atomic E-state index is 0.0349. The lowest BCUT2D eigenvalue weighted by molar-refractivity contribution is 0.0915. The molecule has 1 aromatic heterocycles. The van der Waals surface area contributed by atoms with Gasteiger partial charge in [-0.2, -0.15) is 0 Å². The predicted octanol–water partition coefficient (Wildman–Crippen LogP) is 2.64. The lowest BCUT2D eigenvalue weighted by Crippen LogP contribution is -2.40. The second kappa shape index (κ2) is 4.71. The van der Waals surface area contributed by atoms with E-state index in [4.69, 9.17) is 0 Å². The molecule has 3 rings (SSSR count). The summed E-state index contributed by atoms with van der Waals surface area (Å²) in [5, 5.41) is 3.16. The van der Waals surface area contributed by atoms with Crippen LogP contribution in [0, 0.1) is 17.8 Å². The number of fused-ring (bicyclic) bond motifs is 2. The van der Waals surface area contributed by atoms with Gasteiger partial charge in [-0.1, -0.05) is 6.42 Å². The van der Waals surface area contributed by atoms with Crippen LogP contribution in [0.3, 0.4) is 0 Å². The van der Waals surface area contributed by atoms with E-state index in [1.165, 1.54) is 25.7 Å². The second-order valence-electron chi connectivity index (χ2n) is 5.84. The molecule has 0 aliphatic heterocycles. The van der Waals surface area contributed by atoms with Crippen molar-refractivity contribution in [2.24, 2.45) is 17.8 Å². The summed E-state index contributed by atoms with van der Waals surface area (Å²) >= 11 is 0. The lowest BCUT2D eigenvalue weighted by atomic mass is 9.84. The maximum Gasteiger partial charge on any atom is 0.251 e. The maximum absolute atomic E-state index is 12.1. The lowest BCUT2D eigenvalue weighted by Gasteiger charge is -2.28. The van der Waals surface area contributed by atoms with E-state index in [0.29, 0.717) is 17.5 Å². The third-order valence-corrected chi connectivity index (χ3v) is 4.74. The molecule has 2 aliphatic carbocycles. The summed E-state index contributed by atoms with van der Waals surface area (Å²) in [4.78, 5) is 16.0. The number of rotatable bonds is 3. The van der Waals surface area contributed by atoms with Gasteiger partial charge in [-0.15, -0.1) is 0 Å². The summed E-state index contributed by atoms with van der Waals surface area (Å²) in [6.45, 7) is 2.16. The number of pyridine rings is 1. The van der Waals surface area contributed by atoms with Crippen LogP contribution in [-0.4, -0.2) is 16.9 Å². The zero-order valence-electron chi connectivity index (χ0n) is 10.8. The van der Waals surface area contributed by atoms with Crippen LogP contribution in [0.5, 0.6) is 0 Å². The van der Waals surface area contributed by atoms with Crippen LogP contribution in [-0.2, 0) is 0 Å². The highest BCUT2D eigenvalue weighted by Crippen LogP contribution is 2.49. The summed E-state index contributed by atoms with van der Waals surface area (Å²) in [6.07, 6.45) is 8.80. The van der Waals surface area contributed by atoms with Gasteiger partial charge in [-0.3, -0.25) is 9.78 Å². The average Bonchev–Trinajstić information content (AvgIpc) is 3.02. The van der Waals surface area contributed by atoms with Gasteiger partial charge in [0.1, 0.15) is 0 Å². The van der Waals surface area contributed by atoms with Gasteiger partial charge in [-0.05, 0) is 56.1 Å². The Labute approximate surface area is 108 Å². The molecule has 0 aromatic carbocycles. The Morgan fingerprint density at radius 3 is 2.72 bits per heavy atom. The molecule has 2 bridgehead atoms. The smallest absolute Gasteiger partial charge is 0.251 e. The number of hydrogen-bond donors (Lipinski definition) is 1. The van der Waals surface area contributed by atoms with E-state index in [0.717, 1.165) is 11.8 Å². The molecule has 3 heteroatoms. The second-order valence-corrected chi connectivity index (χ2v) is 5.84. The topological polar surface area (TPSA) is 42.0 Å². The molecule has 0 spiro atoms. The Kier molecular flexibility index (Phi) is 3.06. The van der Waals surface area contributed by atoms with Gasteiger partial charge in [0.25, 0.3) is 5.91 Å². The molecule has 1 aromatic rings. The van der Waals surface area contributed by atoms with Gasteiger partial charge in [0.15, 0.2) is 0 Å². The highest BCUT2D eigenvalue weighted by molar-refractivity contribution is 5.94. The van der Waals surface area contributed by atoms with Crippen LogP contribution in [0.15, 0.2) is 24.5 Å². The molecule has 2 fully saturated rings. The van der Waals surface area contributed by atoms with Crippen LogP contribution in [0.25, 0.3) is 0 Å². The number of nitrogens with zero attached hydrogens (tertiary/aromatic N) is 1. The van der Waals surface area contributed by atoms with Gasteiger partial charge >= 0.3 is 0 Å². The van der Waals surface area contributed by atoms with Gasteiger partial charge < -0.3 is 5.32 Å². The Morgan fingerprint density at radius 1 is 1.33 bits per heavy atom. The van der Waals surface area contributed by atoms with Gasteiger partial charge in [-0.25, -0.2) is 0 Å². The standard InChI is InChI=1S/C15H20N2O/c1-10(14-9-11-2-3-13(14)8-11)17-15(18)12-4-6-16-7-5-12/h4-7,10-11,13-14H,2-3,8-9H2,1H3,(H,17,18)/t10-,11-,13-,14+/m1/s1. The number of aromatic nitrogens is 1. The molecule has 1 N–H and O–H groups in total. The van der Waals surface area contributed by atoms with Gasteiger partial charge in [0.05, 0.1) is 0 Å². The first-order chi connectivity index (χ1) is 8.74. The van der Waals surface area contributed by atoms with E-state index in [1.54, 1.807) is 24.5 Å². The van der Waals surface area contributed by atoms with Crippen LogP contribution in [0.1, 0.15) is 43.0 Å². The van der Waals surface area contributed by atoms with Crippen LogP contribution < -0.4 is 5.32 Å². The fourth-order valence-corrected chi connectivity index (χ4v) is 3.81. The van der Waals surface area contributed by atoms with Gasteiger partial charge in [0, 0.05) is 24.0 Å². The van der Waals surface area contributed by atoms with E-state index in [-0.39, 0.29) is 5.91 Å². The molecule has 2 aliphatic rings. The first-order valence-corrected chi connectivity index (χ1v) is 6.95. The highest BCUT2D eigenvalue weighted by atomic mass is 16.1. The van der Waals surface area contributed by atoms with Crippen LogP contribution >= 0.6 is 0 Å². The number of amides is 1. The SMILES string of the molecule is C[C@@H](NC(=O)c1ccncc1)[C@@H]1C[C@@H]2CC[C@@H]1C2. The molecular formula is C15H20N2O. The van der Waals surface area contributed by atoms with Crippen LogP contribution in [0.2, 0.25) is 0 Å². The van der Waals surface area contributed by atoms with Crippen molar-refractivity contribution in [3.63, 3.8) is 0 Å².